The summed E-state index contributed by atoms with van der Waals surface area (Å²) in [4.78, 5) is 4.37. The van der Waals surface area contributed by atoms with Crippen molar-refractivity contribution in [3.05, 3.63) is 35.4 Å². The summed E-state index contributed by atoms with van der Waals surface area (Å²) in [6.07, 6.45) is 3.38. The molecular weight excluding hydrogens is 284 g/mol. The largest absolute Gasteiger partial charge is 0.370 e. The molecule has 1 aromatic carbocycles. The zero-order chi connectivity index (χ0) is 16.4. The van der Waals surface area contributed by atoms with Crippen LogP contribution >= 0.6 is 0 Å². The molecule has 5 heteroatoms. The highest BCUT2D eigenvalue weighted by molar-refractivity contribution is 5.78. The molecule has 1 aromatic rings. The first-order chi connectivity index (χ1) is 10.2. The van der Waals surface area contributed by atoms with Gasteiger partial charge in [-0.05, 0) is 45.7 Å². The molecule has 22 heavy (non-hydrogen) atoms. The van der Waals surface area contributed by atoms with Crippen molar-refractivity contribution in [2.24, 2.45) is 10.7 Å². The molecule has 3 nitrogen and oxygen atoms in total. The first-order valence-electron chi connectivity index (χ1n) is 7.76. The van der Waals surface area contributed by atoms with Gasteiger partial charge in [-0.25, -0.2) is 8.78 Å². The van der Waals surface area contributed by atoms with Crippen LogP contribution in [0.5, 0.6) is 0 Å². The predicted octanol–water partition coefficient (Wildman–Crippen LogP) is 3.48. The number of nitrogens with one attached hydrogen (secondary N) is 1. The number of rotatable bonds is 3. The van der Waals surface area contributed by atoms with E-state index in [0.29, 0.717) is 12.5 Å². The summed E-state index contributed by atoms with van der Waals surface area (Å²) in [6, 6.07) is 4.04. The third-order valence-electron chi connectivity index (χ3n) is 4.11. The maximum Gasteiger partial charge on any atom is 0.189 e. The Morgan fingerprint density at radius 3 is 2.27 bits per heavy atom. The molecule has 0 unspecified atom stereocenters. The van der Waals surface area contributed by atoms with Crippen molar-refractivity contribution in [1.29, 1.82) is 0 Å². The first-order valence-corrected chi connectivity index (χ1v) is 7.76. The molecule has 0 atom stereocenters. The second-order valence-electron chi connectivity index (χ2n) is 7.16. The summed E-state index contributed by atoms with van der Waals surface area (Å²) < 4.78 is 28.4. The van der Waals surface area contributed by atoms with Crippen molar-refractivity contribution in [2.45, 2.75) is 57.4 Å². The van der Waals surface area contributed by atoms with Crippen molar-refractivity contribution in [2.75, 3.05) is 6.54 Å². The molecule has 0 saturated heterocycles. The zero-order valence-corrected chi connectivity index (χ0v) is 13.5. The Kier molecular flexibility index (Phi) is 4.73. The van der Waals surface area contributed by atoms with Crippen molar-refractivity contribution < 1.29 is 8.78 Å². The maximum atomic E-state index is 14.2. The molecule has 122 valence electrons. The van der Waals surface area contributed by atoms with Crippen LogP contribution in [-0.4, -0.2) is 18.0 Å². The lowest BCUT2D eigenvalue weighted by Gasteiger charge is -2.29. The quantitative estimate of drug-likeness (QED) is 0.663. The third-order valence-corrected chi connectivity index (χ3v) is 4.11. The lowest BCUT2D eigenvalue weighted by atomic mass is 9.78. The van der Waals surface area contributed by atoms with Gasteiger partial charge in [-0.2, -0.15) is 0 Å². The van der Waals surface area contributed by atoms with Gasteiger partial charge in [-0.3, -0.25) is 4.99 Å². The van der Waals surface area contributed by atoms with Gasteiger partial charge in [-0.1, -0.05) is 18.9 Å². The Morgan fingerprint density at radius 2 is 1.77 bits per heavy atom. The van der Waals surface area contributed by atoms with Crippen molar-refractivity contribution >= 4 is 5.96 Å². The monoisotopic (exact) mass is 309 g/mol. The van der Waals surface area contributed by atoms with Gasteiger partial charge in [0.1, 0.15) is 11.6 Å². The van der Waals surface area contributed by atoms with E-state index < -0.39 is 17.0 Å². The van der Waals surface area contributed by atoms with Crippen LogP contribution in [0, 0.1) is 11.6 Å². The van der Waals surface area contributed by atoms with E-state index >= 15 is 0 Å². The molecule has 0 bridgehead atoms. The summed E-state index contributed by atoms with van der Waals surface area (Å²) in [5.41, 5.74) is 5.29. The van der Waals surface area contributed by atoms with E-state index in [1.54, 1.807) is 0 Å². The number of benzene rings is 1. The van der Waals surface area contributed by atoms with Crippen LogP contribution in [0.25, 0.3) is 0 Å². The molecule has 0 aromatic heterocycles. The molecule has 0 aliphatic heterocycles. The predicted molar refractivity (Wildman–Crippen MR) is 85.9 cm³/mol. The van der Waals surface area contributed by atoms with Crippen LogP contribution in [0.4, 0.5) is 8.78 Å². The second-order valence-corrected chi connectivity index (χ2v) is 7.16. The lowest BCUT2D eigenvalue weighted by molar-refractivity contribution is 0.399. The summed E-state index contributed by atoms with van der Waals surface area (Å²) in [5.74, 6) is -0.658. The first kappa shape index (κ1) is 16.7. The SMILES string of the molecule is CC(C)(C)NC(N)=NCC1(c2c(F)cccc2F)CCCC1. The van der Waals surface area contributed by atoms with Crippen molar-refractivity contribution in [3.63, 3.8) is 0 Å². The molecule has 0 spiro atoms. The molecule has 0 amide bonds. The van der Waals surface area contributed by atoms with Gasteiger partial charge in [0.2, 0.25) is 0 Å². The molecule has 1 saturated carbocycles. The maximum absolute atomic E-state index is 14.2. The van der Waals surface area contributed by atoms with Gasteiger partial charge >= 0.3 is 0 Å². The Balaban J connectivity index is 2.29. The van der Waals surface area contributed by atoms with E-state index in [2.05, 4.69) is 10.3 Å². The average Bonchev–Trinajstić information content (AvgIpc) is 2.84. The highest BCUT2D eigenvalue weighted by atomic mass is 19.1. The summed E-state index contributed by atoms with van der Waals surface area (Å²) >= 11 is 0. The number of aliphatic imine (C=N–C) groups is 1. The molecule has 0 radical (unpaired) electrons. The van der Waals surface area contributed by atoms with E-state index in [4.69, 9.17) is 5.73 Å². The number of hydrogen-bond donors (Lipinski definition) is 2. The van der Waals surface area contributed by atoms with Crippen LogP contribution in [0.15, 0.2) is 23.2 Å². The van der Waals surface area contributed by atoms with Crippen LogP contribution in [0.1, 0.15) is 52.0 Å². The van der Waals surface area contributed by atoms with E-state index in [1.807, 2.05) is 20.8 Å². The van der Waals surface area contributed by atoms with Crippen LogP contribution in [-0.2, 0) is 5.41 Å². The Labute approximate surface area is 131 Å². The van der Waals surface area contributed by atoms with Crippen molar-refractivity contribution in [1.82, 2.24) is 5.32 Å². The van der Waals surface area contributed by atoms with Crippen LogP contribution < -0.4 is 11.1 Å². The Morgan fingerprint density at radius 1 is 1.23 bits per heavy atom. The minimum Gasteiger partial charge on any atom is -0.370 e. The van der Waals surface area contributed by atoms with Gasteiger partial charge in [0, 0.05) is 16.5 Å². The minimum atomic E-state index is -0.584. The van der Waals surface area contributed by atoms with Gasteiger partial charge < -0.3 is 11.1 Å². The third kappa shape index (κ3) is 3.76. The summed E-state index contributed by atoms with van der Waals surface area (Å²) in [6.45, 7) is 6.26. The normalized spacial score (nSPS) is 18.5. The average molecular weight is 309 g/mol. The molecule has 1 fully saturated rings. The molecule has 1 aliphatic rings. The number of nitrogens with zero attached hydrogens (tertiary/aromatic N) is 1. The number of hydrogen-bond acceptors (Lipinski definition) is 1. The fraction of sp³-hybridized carbons (Fsp3) is 0.588. The van der Waals surface area contributed by atoms with E-state index in [0.717, 1.165) is 25.7 Å². The number of guanidine groups is 1. The van der Waals surface area contributed by atoms with E-state index in [9.17, 15) is 8.78 Å². The van der Waals surface area contributed by atoms with Gasteiger partial charge in [0.15, 0.2) is 5.96 Å². The highest BCUT2D eigenvalue weighted by Gasteiger charge is 2.39. The van der Waals surface area contributed by atoms with E-state index in [1.165, 1.54) is 18.2 Å². The van der Waals surface area contributed by atoms with Gasteiger partial charge in [-0.15, -0.1) is 0 Å². The summed E-state index contributed by atoms with van der Waals surface area (Å²) in [7, 11) is 0. The van der Waals surface area contributed by atoms with E-state index in [-0.39, 0.29) is 11.1 Å². The minimum absolute atomic E-state index is 0.166. The standard InChI is InChI=1S/C17H25F2N3/c1-16(2,3)22-15(20)21-11-17(9-4-5-10-17)14-12(18)7-6-8-13(14)19/h6-8H,4-5,9-11H2,1-3H3,(H3,20,21,22). The van der Waals surface area contributed by atoms with Gasteiger partial charge in [0.25, 0.3) is 0 Å². The fourth-order valence-electron chi connectivity index (χ4n) is 3.20. The van der Waals surface area contributed by atoms with Crippen molar-refractivity contribution in [3.8, 4) is 0 Å². The topological polar surface area (TPSA) is 50.4 Å². The van der Waals surface area contributed by atoms with Gasteiger partial charge in [0.05, 0.1) is 6.54 Å². The smallest absolute Gasteiger partial charge is 0.189 e. The fourth-order valence-corrected chi connectivity index (χ4v) is 3.20. The Hall–Kier alpha value is -1.65. The van der Waals surface area contributed by atoms with Crippen LogP contribution in [0.2, 0.25) is 0 Å². The van der Waals surface area contributed by atoms with Crippen LogP contribution in [0.3, 0.4) is 0 Å². The highest BCUT2D eigenvalue weighted by Crippen LogP contribution is 2.43. The lowest BCUT2D eigenvalue weighted by Crippen LogP contribution is -2.45. The molecule has 0 heterocycles. The summed E-state index contributed by atoms with van der Waals surface area (Å²) in [5, 5.41) is 3.08. The number of halogens is 2. The molecular formula is C17H25F2N3. The molecule has 2 rings (SSSR count). The number of nitrogens with two attached hydrogens (primary N) is 1. The molecule has 3 N–H and O–H groups in total. The zero-order valence-electron chi connectivity index (χ0n) is 13.5. The molecule has 1 aliphatic carbocycles. The Bertz CT molecular complexity index is 535. The second kappa shape index (κ2) is 6.23.